The van der Waals surface area contributed by atoms with Crippen LogP contribution in [0.3, 0.4) is 0 Å². The Hall–Kier alpha value is -1.66. The first-order valence-electron chi connectivity index (χ1n) is 8.19. The molecular formula is C17H22N4OS. The van der Waals surface area contributed by atoms with E-state index < -0.39 is 0 Å². The lowest BCUT2D eigenvalue weighted by Crippen LogP contribution is -2.53. The Morgan fingerprint density at radius 2 is 2.26 bits per heavy atom. The van der Waals surface area contributed by atoms with E-state index in [0.717, 1.165) is 32.5 Å². The van der Waals surface area contributed by atoms with Crippen molar-refractivity contribution in [2.45, 2.75) is 37.3 Å². The minimum absolute atomic E-state index is 0.0773. The molecule has 0 aromatic carbocycles. The minimum atomic E-state index is -0.0773. The van der Waals surface area contributed by atoms with Crippen LogP contribution >= 0.6 is 11.3 Å². The fourth-order valence-electron chi connectivity index (χ4n) is 4.06. The second-order valence-corrected chi connectivity index (χ2v) is 7.80. The molecule has 1 amide bonds. The highest BCUT2D eigenvalue weighted by molar-refractivity contribution is 7.09. The predicted octanol–water partition coefficient (Wildman–Crippen LogP) is 2.12. The molecule has 4 rings (SSSR count). The van der Waals surface area contributed by atoms with E-state index in [9.17, 15) is 4.79 Å². The summed E-state index contributed by atoms with van der Waals surface area (Å²) < 4.78 is 1.83. The number of carbonyl (C=O) groups excluding carboxylic acids is 1. The van der Waals surface area contributed by atoms with E-state index in [1.807, 2.05) is 29.3 Å². The van der Waals surface area contributed by atoms with Gasteiger partial charge in [0.05, 0.1) is 6.20 Å². The van der Waals surface area contributed by atoms with Crippen molar-refractivity contribution >= 4 is 17.2 Å². The van der Waals surface area contributed by atoms with Crippen LogP contribution in [0.5, 0.6) is 0 Å². The van der Waals surface area contributed by atoms with Crippen molar-refractivity contribution in [3.05, 3.63) is 40.3 Å². The Kier molecular flexibility index (Phi) is 3.73. The highest BCUT2D eigenvalue weighted by atomic mass is 32.1. The normalized spacial score (nSPS) is 24.2. The quantitative estimate of drug-likeness (QED) is 0.938. The smallest absolute Gasteiger partial charge is 0.221 e. The number of piperidine rings is 1. The van der Waals surface area contributed by atoms with Gasteiger partial charge in [0.2, 0.25) is 5.91 Å². The lowest BCUT2D eigenvalue weighted by atomic mass is 9.75. The van der Waals surface area contributed by atoms with E-state index in [-0.39, 0.29) is 17.4 Å². The topological polar surface area (TPSA) is 50.2 Å². The number of hydrogen-bond acceptors (Lipinski definition) is 4. The lowest BCUT2D eigenvalue weighted by Gasteiger charge is -2.42. The predicted molar refractivity (Wildman–Crippen MR) is 90.3 cm³/mol. The first-order chi connectivity index (χ1) is 11.1. The third-order valence-electron chi connectivity index (χ3n) is 5.28. The second kappa shape index (κ2) is 5.76. The molecule has 2 fully saturated rings. The van der Waals surface area contributed by atoms with Gasteiger partial charge in [-0.3, -0.25) is 14.4 Å². The van der Waals surface area contributed by atoms with Gasteiger partial charge in [-0.2, -0.15) is 5.10 Å². The van der Waals surface area contributed by atoms with Gasteiger partial charge in [-0.05, 0) is 29.9 Å². The fourth-order valence-corrected chi connectivity index (χ4v) is 4.81. The molecule has 6 heteroatoms. The van der Waals surface area contributed by atoms with Gasteiger partial charge in [0, 0.05) is 55.6 Å². The Labute approximate surface area is 140 Å². The van der Waals surface area contributed by atoms with E-state index in [0.29, 0.717) is 6.42 Å². The molecule has 2 aliphatic heterocycles. The molecule has 0 aliphatic carbocycles. The molecule has 1 N–H and O–H groups in total. The molecule has 1 atom stereocenters. The van der Waals surface area contributed by atoms with Gasteiger partial charge < -0.3 is 5.32 Å². The van der Waals surface area contributed by atoms with E-state index in [1.165, 1.54) is 10.4 Å². The van der Waals surface area contributed by atoms with Gasteiger partial charge >= 0.3 is 0 Å². The van der Waals surface area contributed by atoms with Crippen molar-refractivity contribution in [2.75, 3.05) is 13.1 Å². The van der Waals surface area contributed by atoms with Gasteiger partial charge in [0.25, 0.3) is 0 Å². The van der Waals surface area contributed by atoms with E-state index in [2.05, 4.69) is 39.0 Å². The molecule has 0 saturated carbocycles. The monoisotopic (exact) mass is 330 g/mol. The van der Waals surface area contributed by atoms with Crippen LogP contribution < -0.4 is 5.32 Å². The summed E-state index contributed by atoms with van der Waals surface area (Å²) in [6, 6.07) is 4.31. The molecule has 5 nitrogen and oxygen atoms in total. The van der Waals surface area contributed by atoms with Gasteiger partial charge in [0.15, 0.2) is 0 Å². The first-order valence-corrected chi connectivity index (χ1v) is 9.07. The van der Waals surface area contributed by atoms with Crippen LogP contribution in [0.15, 0.2) is 29.9 Å². The number of aryl methyl sites for hydroxylation is 1. The summed E-state index contributed by atoms with van der Waals surface area (Å²) >= 11 is 1.82. The summed E-state index contributed by atoms with van der Waals surface area (Å²) in [5.41, 5.74) is 1.11. The molecule has 4 heterocycles. The summed E-state index contributed by atoms with van der Waals surface area (Å²) in [5.74, 6) is 0.443. The third kappa shape index (κ3) is 2.81. The van der Waals surface area contributed by atoms with Crippen LogP contribution in [-0.2, 0) is 18.4 Å². The zero-order valence-electron chi connectivity index (χ0n) is 13.4. The number of aromatic nitrogens is 2. The lowest BCUT2D eigenvalue weighted by molar-refractivity contribution is -0.120. The highest BCUT2D eigenvalue weighted by Crippen LogP contribution is 2.43. The molecule has 2 aromatic heterocycles. The van der Waals surface area contributed by atoms with E-state index in [1.54, 1.807) is 0 Å². The Morgan fingerprint density at radius 1 is 1.43 bits per heavy atom. The molecule has 2 saturated heterocycles. The van der Waals surface area contributed by atoms with E-state index in [4.69, 9.17) is 0 Å². The Balaban J connectivity index is 1.48. The van der Waals surface area contributed by atoms with Crippen molar-refractivity contribution in [3.63, 3.8) is 0 Å². The number of thiophene rings is 1. The van der Waals surface area contributed by atoms with Crippen molar-refractivity contribution in [2.24, 2.45) is 7.05 Å². The number of nitrogens with one attached hydrogen (secondary N) is 1. The Morgan fingerprint density at radius 3 is 2.91 bits per heavy atom. The van der Waals surface area contributed by atoms with Crippen LogP contribution in [0, 0.1) is 0 Å². The molecule has 1 spiro atoms. The largest absolute Gasteiger partial charge is 0.350 e. The van der Waals surface area contributed by atoms with Crippen molar-refractivity contribution in [1.29, 1.82) is 0 Å². The van der Waals surface area contributed by atoms with Crippen molar-refractivity contribution in [3.8, 4) is 0 Å². The molecule has 0 bridgehead atoms. The zero-order chi connectivity index (χ0) is 15.9. The van der Waals surface area contributed by atoms with Crippen molar-refractivity contribution < 1.29 is 4.79 Å². The van der Waals surface area contributed by atoms with Crippen LogP contribution in [0.25, 0.3) is 0 Å². The maximum atomic E-state index is 12.1. The Bertz CT molecular complexity index is 685. The number of amides is 1. The van der Waals surface area contributed by atoms with Gasteiger partial charge in [-0.15, -0.1) is 11.3 Å². The molecule has 0 unspecified atom stereocenters. The maximum absolute atomic E-state index is 12.1. The van der Waals surface area contributed by atoms with Gasteiger partial charge in [0.1, 0.15) is 0 Å². The molecule has 2 aromatic rings. The van der Waals surface area contributed by atoms with E-state index >= 15 is 0 Å². The fraction of sp³-hybridized carbons (Fsp3) is 0.529. The van der Waals surface area contributed by atoms with Crippen LogP contribution in [0.4, 0.5) is 0 Å². The molecular weight excluding hydrogens is 308 g/mol. The number of rotatable bonds is 3. The standard InChI is InChI=1S/C17H22N4OS/c1-20-11-13(10-18-20)15-9-16(22)19-17(15)4-6-21(7-5-17)12-14-3-2-8-23-14/h2-3,8,10-11,15H,4-7,9,12H2,1H3,(H,19,22)/t15-/m0/s1. The molecule has 2 aliphatic rings. The average molecular weight is 330 g/mol. The number of carbonyl (C=O) groups is 1. The van der Waals surface area contributed by atoms with Gasteiger partial charge in [-0.1, -0.05) is 6.07 Å². The van der Waals surface area contributed by atoms with Crippen LogP contribution in [-0.4, -0.2) is 39.2 Å². The number of nitrogens with zero attached hydrogens (tertiary/aromatic N) is 3. The summed E-state index contributed by atoms with van der Waals surface area (Å²) in [7, 11) is 1.93. The summed E-state index contributed by atoms with van der Waals surface area (Å²) in [4.78, 5) is 16.0. The summed E-state index contributed by atoms with van der Waals surface area (Å²) in [5, 5.41) is 9.74. The van der Waals surface area contributed by atoms with Crippen LogP contribution in [0.2, 0.25) is 0 Å². The maximum Gasteiger partial charge on any atom is 0.221 e. The first kappa shape index (κ1) is 14.9. The molecule has 23 heavy (non-hydrogen) atoms. The average Bonchev–Trinajstić information content (AvgIpc) is 3.24. The summed E-state index contributed by atoms with van der Waals surface area (Å²) in [6.45, 7) is 3.10. The SMILES string of the molecule is Cn1cc([C@@H]2CC(=O)NC23CCN(Cc2cccs2)CC3)cn1. The minimum Gasteiger partial charge on any atom is -0.350 e. The second-order valence-electron chi connectivity index (χ2n) is 6.76. The van der Waals surface area contributed by atoms with Crippen LogP contribution in [0.1, 0.15) is 35.6 Å². The number of hydrogen-bond donors (Lipinski definition) is 1. The number of likely N-dealkylation sites (tertiary alicyclic amines) is 1. The molecule has 0 radical (unpaired) electrons. The highest BCUT2D eigenvalue weighted by Gasteiger charge is 2.48. The van der Waals surface area contributed by atoms with Gasteiger partial charge in [-0.25, -0.2) is 0 Å². The third-order valence-corrected chi connectivity index (χ3v) is 6.14. The molecule has 122 valence electrons. The summed E-state index contributed by atoms with van der Waals surface area (Å²) in [6.07, 6.45) is 6.61. The van der Waals surface area contributed by atoms with Crippen molar-refractivity contribution in [1.82, 2.24) is 20.0 Å². The zero-order valence-corrected chi connectivity index (χ0v) is 14.2.